The molecular weight excluding hydrogens is 348 g/mol. The second kappa shape index (κ2) is 10.1. The van der Waals surface area contributed by atoms with Crippen LogP contribution in [0.25, 0.3) is 0 Å². The van der Waals surface area contributed by atoms with E-state index in [2.05, 4.69) is 63.9 Å². The number of hydrogen-bond donors (Lipinski definition) is 2. The van der Waals surface area contributed by atoms with E-state index in [0.717, 1.165) is 25.3 Å². The number of nitrogens with zero attached hydrogens (tertiary/aromatic N) is 1. The summed E-state index contributed by atoms with van der Waals surface area (Å²) in [7, 11) is 0. The van der Waals surface area contributed by atoms with Gasteiger partial charge in [0.25, 0.3) is 0 Å². The Hall–Kier alpha value is -1.10. The van der Waals surface area contributed by atoms with Crippen molar-refractivity contribution in [3.63, 3.8) is 0 Å². The van der Waals surface area contributed by atoms with Crippen LogP contribution in [-0.2, 0) is 5.41 Å². The van der Waals surface area contributed by atoms with Crippen molar-refractivity contribution in [3.8, 4) is 5.75 Å². The molecular formula is C24H42N2O2. The third-order valence-corrected chi connectivity index (χ3v) is 5.72. The maximum Gasteiger partial charge on any atom is 0.119 e. The Morgan fingerprint density at radius 3 is 2.46 bits per heavy atom. The molecule has 0 saturated carbocycles. The van der Waals surface area contributed by atoms with Gasteiger partial charge in [0.1, 0.15) is 18.5 Å². The molecule has 0 aromatic heterocycles. The third-order valence-electron chi connectivity index (χ3n) is 5.72. The Bertz CT molecular complexity index is 577. The lowest BCUT2D eigenvalue weighted by molar-refractivity contribution is 0.104. The van der Waals surface area contributed by atoms with Crippen LogP contribution in [0.3, 0.4) is 0 Å². The van der Waals surface area contributed by atoms with Crippen LogP contribution in [0.5, 0.6) is 5.75 Å². The highest BCUT2D eigenvalue weighted by Gasteiger charge is 2.27. The molecule has 0 radical (unpaired) electrons. The summed E-state index contributed by atoms with van der Waals surface area (Å²) in [5.41, 5.74) is 1.75. The largest absolute Gasteiger partial charge is 0.491 e. The molecule has 4 heteroatoms. The van der Waals surface area contributed by atoms with Gasteiger partial charge in [-0.1, -0.05) is 53.7 Å². The van der Waals surface area contributed by atoms with E-state index in [1.165, 1.54) is 24.9 Å². The van der Waals surface area contributed by atoms with Gasteiger partial charge in [-0.05, 0) is 60.9 Å². The number of rotatable bonds is 10. The first-order valence-corrected chi connectivity index (χ1v) is 11.0. The number of likely N-dealkylation sites (tertiary alicyclic amines) is 1. The van der Waals surface area contributed by atoms with Gasteiger partial charge in [0.2, 0.25) is 0 Å². The van der Waals surface area contributed by atoms with Gasteiger partial charge in [0.15, 0.2) is 0 Å². The summed E-state index contributed by atoms with van der Waals surface area (Å²) >= 11 is 0. The fourth-order valence-electron chi connectivity index (χ4n) is 4.64. The van der Waals surface area contributed by atoms with Gasteiger partial charge in [0.05, 0.1) is 0 Å². The van der Waals surface area contributed by atoms with Gasteiger partial charge in [-0.25, -0.2) is 0 Å². The van der Waals surface area contributed by atoms with Crippen molar-refractivity contribution in [1.29, 1.82) is 0 Å². The van der Waals surface area contributed by atoms with E-state index in [9.17, 15) is 5.11 Å². The molecule has 4 nitrogen and oxygen atoms in total. The molecule has 0 unspecified atom stereocenters. The molecule has 160 valence electrons. The van der Waals surface area contributed by atoms with Gasteiger partial charge in [-0.3, -0.25) is 4.90 Å². The average molecular weight is 391 g/mol. The molecule has 1 aromatic rings. The molecule has 0 bridgehead atoms. The van der Waals surface area contributed by atoms with Gasteiger partial charge in [-0.15, -0.1) is 0 Å². The Morgan fingerprint density at radius 1 is 1.18 bits per heavy atom. The smallest absolute Gasteiger partial charge is 0.119 e. The lowest BCUT2D eigenvalue weighted by Gasteiger charge is -2.33. The maximum atomic E-state index is 10.2. The van der Waals surface area contributed by atoms with Crippen LogP contribution >= 0.6 is 0 Å². The van der Waals surface area contributed by atoms with Gasteiger partial charge >= 0.3 is 0 Å². The summed E-state index contributed by atoms with van der Waals surface area (Å²) in [6.07, 6.45) is 3.18. The highest BCUT2D eigenvalue weighted by molar-refractivity contribution is 5.31. The number of hydrogen-bond acceptors (Lipinski definition) is 4. The van der Waals surface area contributed by atoms with Crippen LogP contribution in [-0.4, -0.2) is 54.9 Å². The number of aliphatic hydroxyl groups is 1. The molecule has 1 saturated heterocycles. The van der Waals surface area contributed by atoms with Crippen LogP contribution in [0.1, 0.15) is 66.4 Å². The van der Waals surface area contributed by atoms with Crippen LogP contribution in [0, 0.1) is 5.41 Å². The molecule has 0 amide bonds. The lowest BCUT2D eigenvalue weighted by atomic mass is 9.72. The SMILES string of the molecule is CCN1CCC[C@@H]1CNC[C@H](O)COc1ccc(C(C)(C)CC(C)(C)C)cc1. The van der Waals surface area contributed by atoms with Crippen molar-refractivity contribution in [2.75, 3.05) is 32.8 Å². The van der Waals surface area contributed by atoms with Crippen LogP contribution in [0.15, 0.2) is 24.3 Å². The predicted octanol–water partition coefficient (Wildman–Crippen LogP) is 4.21. The van der Waals surface area contributed by atoms with Crippen molar-refractivity contribution in [2.24, 2.45) is 5.41 Å². The number of nitrogens with one attached hydrogen (secondary N) is 1. The highest BCUT2D eigenvalue weighted by atomic mass is 16.5. The Morgan fingerprint density at radius 2 is 1.86 bits per heavy atom. The zero-order valence-corrected chi connectivity index (χ0v) is 18.9. The average Bonchev–Trinajstić information content (AvgIpc) is 3.06. The third kappa shape index (κ3) is 7.38. The van der Waals surface area contributed by atoms with Crippen molar-refractivity contribution >= 4 is 0 Å². The number of benzene rings is 1. The minimum absolute atomic E-state index is 0.132. The Labute approximate surface area is 172 Å². The first-order valence-electron chi connectivity index (χ1n) is 11.0. The summed E-state index contributed by atoms with van der Waals surface area (Å²) in [6.45, 7) is 17.8. The lowest BCUT2D eigenvalue weighted by Crippen LogP contribution is -2.41. The van der Waals surface area contributed by atoms with Crippen molar-refractivity contribution < 1.29 is 9.84 Å². The molecule has 28 heavy (non-hydrogen) atoms. The maximum absolute atomic E-state index is 10.2. The molecule has 2 rings (SSSR count). The molecule has 1 aliphatic rings. The molecule has 2 atom stereocenters. The second-order valence-electron chi connectivity index (χ2n) is 10.2. The van der Waals surface area contributed by atoms with E-state index in [1.807, 2.05) is 12.1 Å². The van der Waals surface area contributed by atoms with Crippen molar-refractivity contribution in [3.05, 3.63) is 29.8 Å². The molecule has 0 aliphatic carbocycles. The van der Waals surface area contributed by atoms with E-state index >= 15 is 0 Å². The van der Waals surface area contributed by atoms with Crippen LogP contribution < -0.4 is 10.1 Å². The minimum Gasteiger partial charge on any atom is -0.491 e. The van der Waals surface area contributed by atoms with E-state index in [0.29, 0.717) is 24.6 Å². The molecule has 1 fully saturated rings. The quantitative estimate of drug-likeness (QED) is 0.628. The molecule has 1 heterocycles. The zero-order chi connectivity index (χ0) is 20.8. The zero-order valence-electron chi connectivity index (χ0n) is 18.9. The monoisotopic (exact) mass is 390 g/mol. The van der Waals surface area contributed by atoms with Crippen LogP contribution in [0.4, 0.5) is 0 Å². The van der Waals surface area contributed by atoms with Crippen molar-refractivity contribution in [1.82, 2.24) is 10.2 Å². The van der Waals surface area contributed by atoms with E-state index in [1.54, 1.807) is 0 Å². The molecule has 1 aromatic carbocycles. The predicted molar refractivity (Wildman–Crippen MR) is 118 cm³/mol. The number of likely N-dealkylation sites (N-methyl/N-ethyl adjacent to an activating group) is 1. The van der Waals surface area contributed by atoms with Gasteiger partial charge in [0, 0.05) is 19.1 Å². The number of ether oxygens (including phenoxy) is 1. The fourth-order valence-corrected chi connectivity index (χ4v) is 4.64. The summed E-state index contributed by atoms with van der Waals surface area (Å²) < 4.78 is 5.80. The molecule has 0 spiro atoms. The number of aliphatic hydroxyl groups excluding tert-OH is 1. The van der Waals surface area contributed by atoms with Gasteiger partial charge < -0.3 is 15.2 Å². The van der Waals surface area contributed by atoms with Crippen LogP contribution in [0.2, 0.25) is 0 Å². The van der Waals surface area contributed by atoms with Gasteiger partial charge in [-0.2, -0.15) is 0 Å². The molecule has 1 aliphatic heterocycles. The van der Waals surface area contributed by atoms with E-state index < -0.39 is 6.10 Å². The minimum atomic E-state index is -0.492. The standard InChI is InChI=1S/C24H42N2O2/c1-7-26-14-8-9-20(26)15-25-16-21(27)17-28-22-12-10-19(11-13-22)24(5,6)18-23(2,3)4/h10-13,20-21,25,27H,7-9,14-18H2,1-6H3/t20-,21+/m1/s1. The van der Waals surface area contributed by atoms with E-state index in [-0.39, 0.29) is 5.41 Å². The molecule has 2 N–H and O–H groups in total. The first kappa shape index (κ1) is 23.2. The Balaban J connectivity index is 1.73. The second-order valence-corrected chi connectivity index (χ2v) is 10.2. The van der Waals surface area contributed by atoms with E-state index in [4.69, 9.17) is 4.74 Å². The summed E-state index contributed by atoms with van der Waals surface area (Å²) in [6, 6.07) is 8.98. The highest BCUT2D eigenvalue weighted by Crippen LogP contribution is 2.36. The topological polar surface area (TPSA) is 44.7 Å². The summed E-state index contributed by atoms with van der Waals surface area (Å²) in [5.74, 6) is 0.822. The van der Waals surface area contributed by atoms with Crippen molar-refractivity contribution in [2.45, 2.75) is 78.4 Å². The Kier molecular flexibility index (Phi) is 8.35. The normalized spacial score (nSPS) is 19.8. The summed E-state index contributed by atoms with van der Waals surface area (Å²) in [4.78, 5) is 2.51. The fraction of sp³-hybridized carbons (Fsp3) is 0.750. The first-order chi connectivity index (χ1) is 13.1. The summed E-state index contributed by atoms with van der Waals surface area (Å²) in [5, 5.41) is 13.6.